The number of rotatable bonds is 10. The van der Waals surface area contributed by atoms with Crippen molar-refractivity contribution in [1.29, 1.82) is 0 Å². The van der Waals surface area contributed by atoms with E-state index < -0.39 is 25.8 Å². The molecule has 1 amide bonds. The first-order chi connectivity index (χ1) is 16.8. The summed E-state index contributed by atoms with van der Waals surface area (Å²) >= 11 is 0. The summed E-state index contributed by atoms with van der Waals surface area (Å²) in [7, 11) is -7.27. The summed E-state index contributed by atoms with van der Waals surface area (Å²) in [4.78, 5) is 12.8. The monoisotopic (exact) mass is 534 g/mol. The maximum absolute atomic E-state index is 13.2. The van der Waals surface area contributed by atoms with Crippen LogP contribution in [0.2, 0.25) is 0 Å². The van der Waals surface area contributed by atoms with Crippen LogP contribution in [-0.4, -0.2) is 56.6 Å². The van der Waals surface area contributed by atoms with Gasteiger partial charge in [0.05, 0.1) is 15.4 Å². The van der Waals surface area contributed by atoms with Gasteiger partial charge in [0.25, 0.3) is 11.8 Å². The van der Waals surface area contributed by atoms with E-state index >= 15 is 0 Å². The number of amides is 1. The largest absolute Gasteiger partial charge is 0.403 e. The van der Waals surface area contributed by atoms with Crippen LogP contribution in [0.3, 0.4) is 0 Å². The second kappa shape index (κ2) is 10.9. The number of sulfonamides is 1. The molecule has 0 radical (unpaired) electrons. The van der Waals surface area contributed by atoms with E-state index in [2.05, 4.69) is 15.5 Å². The minimum Gasteiger partial charge on any atom is -0.403 e. The van der Waals surface area contributed by atoms with Crippen molar-refractivity contribution < 1.29 is 26.0 Å². The maximum Gasteiger partial charge on any atom is 0.322 e. The minimum absolute atomic E-state index is 0.0206. The van der Waals surface area contributed by atoms with Gasteiger partial charge in [-0.1, -0.05) is 44.9 Å². The van der Waals surface area contributed by atoms with Crippen molar-refractivity contribution in [3.8, 4) is 11.5 Å². The summed E-state index contributed by atoms with van der Waals surface area (Å²) in [5, 5.41) is 10.1. The predicted octanol–water partition coefficient (Wildman–Crippen LogP) is 3.70. The molecule has 3 aromatic rings. The third kappa shape index (κ3) is 6.56. The Morgan fingerprint density at radius 2 is 1.50 bits per heavy atom. The first-order valence-corrected chi connectivity index (χ1v) is 14.7. The van der Waals surface area contributed by atoms with E-state index in [1.807, 2.05) is 27.7 Å². The Kier molecular flexibility index (Phi) is 8.32. The quantitative estimate of drug-likeness (QED) is 0.415. The molecule has 0 spiro atoms. The molecule has 36 heavy (non-hydrogen) atoms. The second-order valence-electron chi connectivity index (χ2n) is 9.27. The Hall–Kier alpha value is -3.09. The van der Waals surface area contributed by atoms with E-state index in [4.69, 9.17) is 4.42 Å². The summed E-state index contributed by atoms with van der Waals surface area (Å²) in [6, 6.07) is 11.5. The molecular weight excluding hydrogens is 504 g/mol. The van der Waals surface area contributed by atoms with Gasteiger partial charge in [-0.05, 0) is 48.2 Å². The lowest BCUT2D eigenvalue weighted by Gasteiger charge is -2.25. The van der Waals surface area contributed by atoms with Crippen LogP contribution in [0.1, 0.15) is 38.1 Å². The Balaban J connectivity index is 1.78. The molecule has 10 nitrogen and oxygen atoms in total. The number of carbonyl (C=O) groups is 1. The highest BCUT2D eigenvalue weighted by atomic mass is 32.2. The van der Waals surface area contributed by atoms with Crippen molar-refractivity contribution in [1.82, 2.24) is 14.5 Å². The molecular formula is C24H30N4O6S2. The molecule has 1 aromatic heterocycles. The molecule has 3 rings (SSSR count). The van der Waals surface area contributed by atoms with Gasteiger partial charge in [-0.2, -0.15) is 4.31 Å². The van der Waals surface area contributed by atoms with E-state index in [9.17, 15) is 21.6 Å². The summed E-state index contributed by atoms with van der Waals surface area (Å²) in [6.45, 7) is 8.62. The number of nitrogens with one attached hydrogen (secondary N) is 1. The fourth-order valence-electron chi connectivity index (χ4n) is 3.53. The lowest BCUT2D eigenvalue weighted by molar-refractivity contribution is 0.102. The van der Waals surface area contributed by atoms with E-state index in [1.165, 1.54) is 40.7 Å². The van der Waals surface area contributed by atoms with Crippen LogP contribution in [0.4, 0.5) is 6.01 Å². The number of hydrogen-bond acceptors (Lipinski definition) is 8. The topological polar surface area (TPSA) is 140 Å². The number of carbonyl (C=O) groups excluding carboxylic acids is 1. The number of benzene rings is 2. The summed E-state index contributed by atoms with van der Waals surface area (Å²) in [6.07, 6.45) is 1.07. The van der Waals surface area contributed by atoms with Crippen LogP contribution in [0.25, 0.3) is 11.5 Å². The zero-order valence-electron chi connectivity index (χ0n) is 20.8. The molecule has 0 aliphatic heterocycles. The van der Waals surface area contributed by atoms with Crippen molar-refractivity contribution in [2.75, 3.05) is 24.7 Å². The first kappa shape index (κ1) is 27.5. The van der Waals surface area contributed by atoms with Crippen LogP contribution in [0.5, 0.6) is 0 Å². The van der Waals surface area contributed by atoms with E-state index in [0.717, 1.165) is 6.26 Å². The van der Waals surface area contributed by atoms with E-state index in [0.29, 0.717) is 13.1 Å². The van der Waals surface area contributed by atoms with E-state index in [-0.39, 0.29) is 44.7 Å². The summed E-state index contributed by atoms with van der Waals surface area (Å²) in [5.74, 6) is -0.338. The minimum atomic E-state index is -3.72. The molecule has 12 heteroatoms. The molecule has 2 aromatic carbocycles. The summed E-state index contributed by atoms with van der Waals surface area (Å²) in [5.41, 5.74) is 0.402. The first-order valence-electron chi connectivity index (χ1n) is 11.3. The van der Waals surface area contributed by atoms with Crippen LogP contribution < -0.4 is 5.32 Å². The number of nitrogens with zero attached hydrogens (tertiary/aromatic N) is 3. The third-order valence-corrected chi connectivity index (χ3v) is 8.06. The molecule has 0 unspecified atom stereocenters. The lowest BCUT2D eigenvalue weighted by Crippen LogP contribution is -2.37. The highest BCUT2D eigenvalue weighted by Gasteiger charge is 2.26. The smallest absolute Gasteiger partial charge is 0.322 e. The lowest BCUT2D eigenvalue weighted by atomic mass is 10.2. The van der Waals surface area contributed by atoms with Crippen LogP contribution in [0.15, 0.2) is 62.7 Å². The molecule has 0 aliphatic rings. The van der Waals surface area contributed by atoms with E-state index in [1.54, 1.807) is 12.1 Å². The fraction of sp³-hybridized carbons (Fsp3) is 0.375. The number of sulfone groups is 1. The molecule has 0 fully saturated rings. The van der Waals surface area contributed by atoms with Gasteiger partial charge >= 0.3 is 6.01 Å². The van der Waals surface area contributed by atoms with Gasteiger partial charge in [0, 0.05) is 24.9 Å². The Bertz CT molecular complexity index is 1420. The van der Waals surface area contributed by atoms with Gasteiger partial charge < -0.3 is 4.42 Å². The van der Waals surface area contributed by atoms with Crippen molar-refractivity contribution >= 4 is 31.8 Å². The van der Waals surface area contributed by atoms with Gasteiger partial charge in [0.15, 0.2) is 9.84 Å². The number of aromatic nitrogens is 2. The van der Waals surface area contributed by atoms with Crippen LogP contribution in [-0.2, 0) is 19.9 Å². The Morgan fingerprint density at radius 3 is 2.06 bits per heavy atom. The highest BCUT2D eigenvalue weighted by molar-refractivity contribution is 7.90. The van der Waals surface area contributed by atoms with Crippen LogP contribution in [0, 0.1) is 11.8 Å². The Morgan fingerprint density at radius 1 is 0.917 bits per heavy atom. The molecule has 0 bridgehead atoms. The Labute approximate surface area is 211 Å². The van der Waals surface area contributed by atoms with Crippen molar-refractivity contribution in [2.45, 2.75) is 37.5 Å². The molecule has 1 heterocycles. The van der Waals surface area contributed by atoms with Gasteiger partial charge in [-0.25, -0.2) is 16.8 Å². The average Bonchev–Trinajstić information content (AvgIpc) is 3.26. The van der Waals surface area contributed by atoms with Gasteiger partial charge in [-0.3, -0.25) is 10.1 Å². The molecule has 194 valence electrons. The zero-order chi connectivity index (χ0) is 26.7. The third-order valence-electron chi connectivity index (χ3n) is 5.05. The maximum atomic E-state index is 13.2. The number of hydrogen-bond donors (Lipinski definition) is 1. The number of anilines is 1. The molecule has 0 atom stereocenters. The van der Waals surface area contributed by atoms with Crippen molar-refractivity contribution in [2.24, 2.45) is 11.8 Å². The predicted molar refractivity (Wildman–Crippen MR) is 136 cm³/mol. The highest BCUT2D eigenvalue weighted by Crippen LogP contribution is 2.27. The van der Waals surface area contributed by atoms with Gasteiger partial charge in [0.1, 0.15) is 0 Å². The van der Waals surface area contributed by atoms with Gasteiger partial charge in [-0.15, -0.1) is 5.10 Å². The molecule has 1 N–H and O–H groups in total. The van der Waals surface area contributed by atoms with Crippen LogP contribution >= 0.6 is 0 Å². The SMILES string of the molecule is CC(C)CN(CC(C)C)S(=O)(=O)c1ccc(C(=O)Nc2nnc(-c3ccccc3S(C)(=O)=O)o2)cc1. The molecule has 0 aliphatic carbocycles. The summed E-state index contributed by atoms with van der Waals surface area (Å²) < 4.78 is 57.3. The van der Waals surface area contributed by atoms with Crippen molar-refractivity contribution in [3.05, 3.63) is 54.1 Å². The second-order valence-corrected chi connectivity index (χ2v) is 13.2. The molecule has 0 saturated carbocycles. The van der Waals surface area contributed by atoms with Gasteiger partial charge in [0.2, 0.25) is 10.0 Å². The molecule has 0 saturated heterocycles. The zero-order valence-corrected chi connectivity index (χ0v) is 22.4. The normalized spacial score (nSPS) is 12.4. The average molecular weight is 535 g/mol. The van der Waals surface area contributed by atoms with Crippen molar-refractivity contribution in [3.63, 3.8) is 0 Å². The standard InChI is InChI=1S/C24H30N4O6S2/c1-16(2)14-28(15-17(3)4)36(32,33)19-12-10-18(11-13-19)22(29)25-24-27-26-23(34-24)20-8-6-7-9-21(20)35(5,30)31/h6-13,16-17H,14-15H2,1-5H3,(H,25,27,29). The fourth-order valence-corrected chi connectivity index (χ4v) is 6.18.